The Bertz CT molecular complexity index is 699. The minimum absolute atomic E-state index is 0.0514. The molecule has 0 unspecified atom stereocenters. The molecule has 0 bridgehead atoms. The monoisotopic (exact) mass is 317 g/mol. The number of H-pyrrole nitrogens is 1. The lowest BCUT2D eigenvalue weighted by Crippen LogP contribution is -2.39. The van der Waals surface area contributed by atoms with Gasteiger partial charge in [-0.1, -0.05) is 13.8 Å². The summed E-state index contributed by atoms with van der Waals surface area (Å²) in [5, 5.41) is 7.16. The molecule has 3 rings (SSSR count). The molecule has 1 N–H and O–H groups in total. The SMILES string of the molecule is CC(C)c1n[nH]c([C@H]2CCCCN2C(=O)c2ccncc2F)n1. The molecule has 1 atom stereocenters. The molecule has 0 aromatic carbocycles. The van der Waals surface area contributed by atoms with Crippen LogP contribution in [-0.2, 0) is 0 Å². The molecule has 3 heterocycles. The molecule has 0 spiro atoms. The van der Waals surface area contributed by atoms with Gasteiger partial charge in [0.2, 0.25) is 0 Å². The van der Waals surface area contributed by atoms with Gasteiger partial charge >= 0.3 is 0 Å². The molecule has 1 fully saturated rings. The lowest BCUT2D eigenvalue weighted by molar-refractivity contribution is 0.0595. The molecule has 0 aliphatic carbocycles. The lowest BCUT2D eigenvalue weighted by atomic mass is 10.00. The number of likely N-dealkylation sites (tertiary alicyclic amines) is 1. The van der Waals surface area contributed by atoms with Gasteiger partial charge in [0.1, 0.15) is 5.82 Å². The molecular weight excluding hydrogens is 297 g/mol. The smallest absolute Gasteiger partial charge is 0.257 e. The summed E-state index contributed by atoms with van der Waals surface area (Å²) in [6, 6.07) is 1.23. The van der Waals surface area contributed by atoms with E-state index < -0.39 is 5.82 Å². The number of halogens is 1. The maximum absolute atomic E-state index is 13.9. The number of piperidine rings is 1. The Morgan fingerprint density at radius 3 is 2.96 bits per heavy atom. The van der Waals surface area contributed by atoms with Crippen LogP contribution in [0.15, 0.2) is 18.5 Å². The fourth-order valence-electron chi connectivity index (χ4n) is 2.86. The predicted molar refractivity (Wildman–Crippen MR) is 82.3 cm³/mol. The molecule has 2 aromatic heterocycles. The maximum atomic E-state index is 13.9. The third-order valence-corrected chi connectivity index (χ3v) is 4.12. The van der Waals surface area contributed by atoms with E-state index in [0.29, 0.717) is 12.4 Å². The van der Waals surface area contributed by atoms with Gasteiger partial charge in [-0.05, 0) is 25.3 Å². The number of hydrogen-bond acceptors (Lipinski definition) is 4. The van der Waals surface area contributed by atoms with Crippen molar-refractivity contribution in [3.63, 3.8) is 0 Å². The number of aromatic amines is 1. The normalized spacial score (nSPS) is 18.4. The second-order valence-electron chi connectivity index (χ2n) is 6.10. The topological polar surface area (TPSA) is 74.8 Å². The van der Waals surface area contributed by atoms with E-state index in [9.17, 15) is 9.18 Å². The molecule has 1 amide bonds. The lowest BCUT2D eigenvalue weighted by Gasteiger charge is -2.34. The van der Waals surface area contributed by atoms with Gasteiger partial charge in [-0.3, -0.25) is 14.9 Å². The highest BCUT2D eigenvalue weighted by Gasteiger charge is 2.32. The summed E-state index contributed by atoms with van der Waals surface area (Å²) in [6.07, 6.45) is 5.20. The molecule has 6 nitrogen and oxygen atoms in total. The summed E-state index contributed by atoms with van der Waals surface area (Å²) in [5.74, 6) is 0.703. The number of pyridine rings is 1. The quantitative estimate of drug-likeness (QED) is 0.944. The number of amides is 1. The van der Waals surface area contributed by atoms with Crippen LogP contribution in [0.4, 0.5) is 4.39 Å². The first-order valence-electron chi connectivity index (χ1n) is 7.90. The Morgan fingerprint density at radius 1 is 1.43 bits per heavy atom. The van der Waals surface area contributed by atoms with Crippen molar-refractivity contribution in [2.45, 2.75) is 45.1 Å². The van der Waals surface area contributed by atoms with Gasteiger partial charge in [0.05, 0.1) is 17.8 Å². The fourth-order valence-corrected chi connectivity index (χ4v) is 2.86. The minimum atomic E-state index is -0.595. The Morgan fingerprint density at radius 2 is 2.26 bits per heavy atom. The van der Waals surface area contributed by atoms with Crippen LogP contribution >= 0.6 is 0 Å². The zero-order valence-electron chi connectivity index (χ0n) is 13.3. The number of aromatic nitrogens is 4. The van der Waals surface area contributed by atoms with Crippen molar-refractivity contribution >= 4 is 5.91 Å². The van der Waals surface area contributed by atoms with Crippen LogP contribution in [0.25, 0.3) is 0 Å². The number of hydrogen-bond donors (Lipinski definition) is 1. The Labute approximate surface area is 134 Å². The van der Waals surface area contributed by atoms with Gasteiger partial charge in [0, 0.05) is 18.7 Å². The second-order valence-corrected chi connectivity index (χ2v) is 6.10. The Balaban J connectivity index is 1.89. The summed E-state index contributed by atoms with van der Waals surface area (Å²) < 4.78 is 13.9. The molecular formula is C16H20FN5O. The van der Waals surface area contributed by atoms with E-state index >= 15 is 0 Å². The average molecular weight is 317 g/mol. The van der Waals surface area contributed by atoms with Crippen molar-refractivity contribution in [3.8, 4) is 0 Å². The first-order chi connectivity index (χ1) is 11.1. The van der Waals surface area contributed by atoms with Crippen molar-refractivity contribution in [1.82, 2.24) is 25.1 Å². The largest absolute Gasteiger partial charge is 0.328 e. The van der Waals surface area contributed by atoms with Gasteiger partial charge < -0.3 is 4.90 Å². The van der Waals surface area contributed by atoms with E-state index in [-0.39, 0.29) is 23.4 Å². The van der Waals surface area contributed by atoms with Gasteiger partial charge in [-0.25, -0.2) is 9.37 Å². The molecule has 122 valence electrons. The molecule has 1 aliphatic heterocycles. The minimum Gasteiger partial charge on any atom is -0.328 e. The number of nitrogens with one attached hydrogen (secondary N) is 1. The number of carbonyl (C=O) groups excluding carboxylic acids is 1. The second kappa shape index (κ2) is 6.44. The summed E-state index contributed by atoms with van der Waals surface area (Å²) in [7, 11) is 0. The highest BCUT2D eigenvalue weighted by Crippen LogP contribution is 2.31. The van der Waals surface area contributed by atoms with E-state index in [4.69, 9.17) is 0 Å². The predicted octanol–water partition coefficient (Wildman–Crippen LogP) is 2.83. The molecule has 7 heteroatoms. The van der Waals surface area contributed by atoms with E-state index in [1.54, 1.807) is 4.90 Å². The number of nitrogens with zero attached hydrogens (tertiary/aromatic N) is 4. The molecule has 0 saturated carbocycles. The van der Waals surface area contributed by atoms with E-state index in [1.165, 1.54) is 12.3 Å². The van der Waals surface area contributed by atoms with Crippen molar-refractivity contribution in [2.24, 2.45) is 0 Å². The van der Waals surface area contributed by atoms with Crippen LogP contribution in [-0.4, -0.2) is 37.5 Å². The van der Waals surface area contributed by atoms with E-state index in [1.807, 2.05) is 13.8 Å². The summed E-state index contributed by atoms with van der Waals surface area (Å²) >= 11 is 0. The summed E-state index contributed by atoms with van der Waals surface area (Å²) in [6.45, 7) is 4.62. The highest BCUT2D eigenvalue weighted by atomic mass is 19.1. The molecule has 1 aliphatic rings. The molecule has 2 aromatic rings. The third-order valence-electron chi connectivity index (χ3n) is 4.12. The van der Waals surface area contributed by atoms with Crippen LogP contribution in [0.3, 0.4) is 0 Å². The zero-order chi connectivity index (χ0) is 16.4. The fraction of sp³-hybridized carbons (Fsp3) is 0.500. The van der Waals surface area contributed by atoms with Crippen LogP contribution < -0.4 is 0 Å². The van der Waals surface area contributed by atoms with Gasteiger partial charge in [0.15, 0.2) is 11.6 Å². The zero-order valence-corrected chi connectivity index (χ0v) is 13.3. The third kappa shape index (κ3) is 3.09. The van der Waals surface area contributed by atoms with Crippen LogP contribution in [0.2, 0.25) is 0 Å². The molecule has 1 saturated heterocycles. The van der Waals surface area contributed by atoms with Crippen LogP contribution in [0.5, 0.6) is 0 Å². The van der Waals surface area contributed by atoms with Gasteiger partial charge in [0.25, 0.3) is 5.91 Å². The van der Waals surface area contributed by atoms with Crippen molar-refractivity contribution < 1.29 is 9.18 Å². The van der Waals surface area contributed by atoms with Crippen molar-refractivity contribution in [2.75, 3.05) is 6.54 Å². The van der Waals surface area contributed by atoms with E-state index in [0.717, 1.165) is 31.3 Å². The Hall–Kier alpha value is -2.31. The summed E-state index contributed by atoms with van der Waals surface area (Å²) in [4.78, 5) is 22.6. The van der Waals surface area contributed by atoms with Gasteiger partial charge in [-0.2, -0.15) is 5.10 Å². The number of rotatable bonds is 3. The Kier molecular flexibility index (Phi) is 4.36. The van der Waals surface area contributed by atoms with Crippen LogP contribution in [0, 0.1) is 5.82 Å². The maximum Gasteiger partial charge on any atom is 0.257 e. The number of carbonyl (C=O) groups is 1. The summed E-state index contributed by atoms with van der Waals surface area (Å²) in [5.41, 5.74) is 0.0514. The first kappa shape index (κ1) is 15.6. The first-order valence-corrected chi connectivity index (χ1v) is 7.90. The van der Waals surface area contributed by atoms with E-state index in [2.05, 4.69) is 20.2 Å². The van der Waals surface area contributed by atoms with Crippen molar-refractivity contribution in [3.05, 3.63) is 41.5 Å². The van der Waals surface area contributed by atoms with Gasteiger partial charge in [-0.15, -0.1) is 0 Å². The van der Waals surface area contributed by atoms with Crippen molar-refractivity contribution in [1.29, 1.82) is 0 Å². The molecule has 23 heavy (non-hydrogen) atoms. The van der Waals surface area contributed by atoms with Crippen LogP contribution in [0.1, 0.15) is 67.1 Å². The standard InChI is InChI=1S/C16H20FN5O/c1-10(2)14-19-15(21-20-14)13-5-3-4-8-22(13)16(23)11-6-7-18-9-12(11)17/h6-7,9-10,13H,3-5,8H2,1-2H3,(H,19,20,21)/t13-/m1/s1. The average Bonchev–Trinajstić information content (AvgIpc) is 3.05. The molecule has 0 radical (unpaired) electrons. The highest BCUT2D eigenvalue weighted by molar-refractivity contribution is 5.94.